The van der Waals surface area contributed by atoms with Crippen LogP contribution in [0.4, 0.5) is 0 Å². The third-order valence-corrected chi connectivity index (χ3v) is 4.03. The molecule has 0 bridgehead atoms. The van der Waals surface area contributed by atoms with Crippen molar-refractivity contribution in [2.75, 3.05) is 6.54 Å². The minimum absolute atomic E-state index is 0.263. The molecule has 3 nitrogen and oxygen atoms in total. The highest BCUT2D eigenvalue weighted by atomic mass is 32.1. The SMILES string of the molecule is CCCNC(c1cscc1C)c1ccnn1CC. The average Bonchev–Trinajstić information content (AvgIpc) is 2.99. The summed E-state index contributed by atoms with van der Waals surface area (Å²) in [6.45, 7) is 8.44. The van der Waals surface area contributed by atoms with Gasteiger partial charge in [-0.25, -0.2) is 0 Å². The summed E-state index contributed by atoms with van der Waals surface area (Å²) in [5, 5.41) is 12.5. The van der Waals surface area contributed by atoms with Crippen molar-refractivity contribution in [2.45, 2.75) is 39.8 Å². The second-order valence-corrected chi connectivity index (χ2v) is 5.21. The second kappa shape index (κ2) is 6.16. The maximum atomic E-state index is 4.38. The molecule has 4 heteroatoms. The molecule has 2 heterocycles. The van der Waals surface area contributed by atoms with E-state index in [1.807, 2.05) is 6.20 Å². The Balaban J connectivity index is 2.34. The van der Waals surface area contributed by atoms with Gasteiger partial charge in [0.15, 0.2) is 0 Å². The quantitative estimate of drug-likeness (QED) is 0.866. The molecule has 0 aliphatic heterocycles. The van der Waals surface area contributed by atoms with Crippen LogP contribution in [0.2, 0.25) is 0 Å². The van der Waals surface area contributed by atoms with Crippen LogP contribution in [0.1, 0.15) is 43.1 Å². The summed E-state index contributed by atoms with van der Waals surface area (Å²) in [5.41, 5.74) is 3.99. The molecule has 0 saturated heterocycles. The molecule has 0 aliphatic carbocycles. The van der Waals surface area contributed by atoms with E-state index in [0.29, 0.717) is 0 Å². The van der Waals surface area contributed by atoms with E-state index < -0.39 is 0 Å². The molecule has 1 atom stereocenters. The fourth-order valence-corrected chi connectivity index (χ4v) is 3.06. The number of thiophene rings is 1. The van der Waals surface area contributed by atoms with Crippen molar-refractivity contribution in [2.24, 2.45) is 0 Å². The summed E-state index contributed by atoms with van der Waals surface area (Å²) in [5.74, 6) is 0. The maximum Gasteiger partial charge on any atom is 0.0758 e. The van der Waals surface area contributed by atoms with E-state index in [0.717, 1.165) is 19.5 Å². The normalized spacial score (nSPS) is 12.8. The Morgan fingerprint density at radius 2 is 2.22 bits per heavy atom. The van der Waals surface area contributed by atoms with Crippen molar-refractivity contribution in [1.29, 1.82) is 0 Å². The fraction of sp³-hybridized carbons (Fsp3) is 0.500. The predicted octanol–water partition coefficient (Wildman–Crippen LogP) is 3.36. The molecule has 1 unspecified atom stereocenters. The van der Waals surface area contributed by atoms with Crippen LogP contribution in [-0.2, 0) is 6.54 Å². The van der Waals surface area contributed by atoms with Crippen LogP contribution >= 0.6 is 11.3 Å². The molecule has 1 N–H and O–H groups in total. The lowest BCUT2D eigenvalue weighted by molar-refractivity contribution is 0.529. The Morgan fingerprint density at radius 3 is 2.83 bits per heavy atom. The monoisotopic (exact) mass is 263 g/mol. The largest absolute Gasteiger partial charge is 0.305 e. The van der Waals surface area contributed by atoms with Gasteiger partial charge in [-0.15, -0.1) is 0 Å². The summed E-state index contributed by atoms with van der Waals surface area (Å²) >= 11 is 1.77. The van der Waals surface area contributed by atoms with Gasteiger partial charge in [0.25, 0.3) is 0 Å². The summed E-state index contributed by atoms with van der Waals surface area (Å²) < 4.78 is 2.07. The van der Waals surface area contributed by atoms with Crippen molar-refractivity contribution in [3.8, 4) is 0 Å². The molecule has 2 aromatic heterocycles. The minimum atomic E-state index is 0.263. The van der Waals surface area contributed by atoms with E-state index in [1.165, 1.54) is 16.8 Å². The summed E-state index contributed by atoms with van der Waals surface area (Å²) in [7, 11) is 0. The zero-order valence-electron chi connectivity index (χ0n) is 11.3. The number of nitrogens with zero attached hydrogens (tertiary/aromatic N) is 2. The molecule has 2 rings (SSSR count). The van der Waals surface area contributed by atoms with Crippen LogP contribution in [0.5, 0.6) is 0 Å². The van der Waals surface area contributed by atoms with Crippen molar-refractivity contribution in [3.05, 3.63) is 39.8 Å². The van der Waals surface area contributed by atoms with Gasteiger partial charge in [-0.05, 0) is 54.8 Å². The molecule has 0 fully saturated rings. The Morgan fingerprint density at radius 1 is 1.39 bits per heavy atom. The van der Waals surface area contributed by atoms with Crippen molar-refractivity contribution >= 4 is 11.3 Å². The van der Waals surface area contributed by atoms with E-state index in [1.54, 1.807) is 11.3 Å². The molecule has 0 radical (unpaired) electrons. The van der Waals surface area contributed by atoms with Gasteiger partial charge in [-0.3, -0.25) is 4.68 Å². The maximum absolute atomic E-state index is 4.38. The zero-order valence-corrected chi connectivity index (χ0v) is 12.1. The number of aromatic nitrogens is 2. The van der Waals surface area contributed by atoms with Crippen molar-refractivity contribution in [1.82, 2.24) is 15.1 Å². The Labute approximate surface area is 113 Å². The van der Waals surface area contributed by atoms with E-state index in [-0.39, 0.29) is 6.04 Å². The van der Waals surface area contributed by atoms with E-state index >= 15 is 0 Å². The molecule has 98 valence electrons. The van der Waals surface area contributed by atoms with Crippen LogP contribution in [0, 0.1) is 6.92 Å². The highest BCUT2D eigenvalue weighted by molar-refractivity contribution is 7.08. The molecule has 18 heavy (non-hydrogen) atoms. The second-order valence-electron chi connectivity index (χ2n) is 4.47. The number of hydrogen-bond donors (Lipinski definition) is 1. The van der Waals surface area contributed by atoms with Gasteiger partial charge in [-0.1, -0.05) is 6.92 Å². The molecule has 0 spiro atoms. The van der Waals surface area contributed by atoms with Crippen LogP contribution in [0.3, 0.4) is 0 Å². The molecule has 0 amide bonds. The number of hydrogen-bond acceptors (Lipinski definition) is 3. The Bertz CT molecular complexity index is 487. The van der Waals surface area contributed by atoms with Crippen LogP contribution < -0.4 is 5.32 Å². The summed E-state index contributed by atoms with van der Waals surface area (Å²) in [6, 6.07) is 2.38. The zero-order chi connectivity index (χ0) is 13.0. The average molecular weight is 263 g/mol. The van der Waals surface area contributed by atoms with Gasteiger partial charge in [0.05, 0.1) is 11.7 Å². The Kier molecular flexibility index (Phi) is 4.55. The lowest BCUT2D eigenvalue weighted by Gasteiger charge is -2.20. The molecule has 2 aromatic rings. The van der Waals surface area contributed by atoms with Gasteiger partial charge in [-0.2, -0.15) is 16.4 Å². The minimum Gasteiger partial charge on any atom is -0.305 e. The van der Waals surface area contributed by atoms with Gasteiger partial charge >= 0.3 is 0 Å². The highest BCUT2D eigenvalue weighted by Gasteiger charge is 2.19. The molecule has 0 aliphatic rings. The highest BCUT2D eigenvalue weighted by Crippen LogP contribution is 2.27. The Hall–Kier alpha value is -1.13. The first-order chi connectivity index (χ1) is 8.77. The standard InChI is InChI=1S/C14H21N3S/c1-4-7-15-14(12-10-18-9-11(12)3)13-6-8-16-17(13)5-2/h6,8-10,14-15H,4-5,7H2,1-3H3. The van der Waals surface area contributed by atoms with Gasteiger partial charge in [0.2, 0.25) is 0 Å². The summed E-state index contributed by atoms with van der Waals surface area (Å²) in [4.78, 5) is 0. The van der Waals surface area contributed by atoms with Crippen LogP contribution in [0.15, 0.2) is 23.0 Å². The van der Waals surface area contributed by atoms with Gasteiger partial charge in [0.1, 0.15) is 0 Å². The van der Waals surface area contributed by atoms with Crippen molar-refractivity contribution in [3.63, 3.8) is 0 Å². The third kappa shape index (κ3) is 2.65. The number of aryl methyl sites for hydroxylation is 2. The summed E-state index contributed by atoms with van der Waals surface area (Å²) in [6.07, 6.45) is 3.03. The van der Waals surface area contributed by atoms with Crippen molar-refractivity contribution < 1.29 is 0 Å². The van der Waals surface area contributed by atoms with E-state index in [2.05, 4.69) is 52.7 Å². The van der Waals surface area contributed by atoms with Gasteiger partial charge < -0.3 is 5.32 Å². The first kappa shape index (κ1) is 13.3. The van der Waals surface area contributed by atoms with Crippen LogP contribution in [0.25, 0.3) is 0 Å². The predicted molar refractivity (Wildman–Crippen MR) is 77.1 cm³/mol. The molecule has 0 saturated carbocycles. The number of rotatable bonds is 6. The smallest absolute Gasteiger partial charge is 0.0758 e. The van der Waals surface area contributed by atoms with E-state index in [9.17, 15) is 0 Å². The number of nitrogens with one attached hydrogen (secondary N) is 1. The van der Waals surface area contributed by atoms with Gasteiger partial charge in [0, 0.05) is 12.7 Å². The lowest BCUT2D eigenvalue weighted by atomic mass is 10.0. The first-order valence-corrected chi connectivity index (χ1v) is 7.50. The fourth-order valence-electron chi connectivity index (χ4n) is 2.18. The topological polar surface area (TPSA) is 29.9 Å². The molecule has 0 aromatic carbocycles. The first-order valence-electron chi connectivity index (χ1n) is 6.55. The van der Waals surface area contributed by atoms with E-state index in [4.69, 9.17) is 0 Å². The van der Waals surface area contributed by atoms with Crippen LogP contribution in [-0.4, -0.2) is 16.3 Å². The molecular weight excluding hydrogens is 242 g/mol. The lowest BCUT2D eigenvalue weighted by Crippen LogP contribution is -2.26. The third-order valence-electron chi connectivity index (χ3n) is 3.15. The molecular formula is C14H21N3S.